The fourth-order valence-electron chi connectivity index (χ4n) is 2.47. The second-order valence-corrected chi connectivity index (χ2v) is 5.74. The minimum atomic E-state index is -0.654. The molecule has 125 valence electrons. The average Bonchev–Trinajstić information content (AvgIpc) is 2.39. The summed E-state index contributed by atoms with van der Waals surface area (Å²) in [6.07, 6.45) is 18.7. The van der Waals surface area contributed by atoms with E-state index in [9.17, 15) is 4.79 Å². The van der Waals surface area contributed by atoms with Crippen molar-refractivity contribution in [3.63, 3.8) is 0 Å². The molecule has 0 rings (SSSR count). The quantitative estimate of drug-likeness (QED) is 0.283. The van der Waals surface area contributed by atoms with E-state index in [1.165, 1.54) is 77.0 Å². The SMILES string of the molecule is CCCCCCCCCCCCCCCCC(=O)O.[Ag]. The van der Waals surface area contributed by atoms with Crippen molar-refractivity contribution in [3.05, 3.63) is 0 Å². The van der Waals surface area contributed by atoms with E-state index in [2.05, 4.69) is 6.92 Å². The van der Waals surface area contributed by atoms with E-state index in [0.717, 1.165) is 12.8 Å². The van der Waals surface area contributed by atoms with Gasteiger partial charge < -0.3 is 5.11 Å². The Morgan fingerprint density at radius 3 is 1.25 bits per heavy atom. The van der Waals surface area contributed by atoms with E-state index in [1.54, 1.807) is 0 Å². The Bertz CT molecular complexity index is 195. The van der Waals surface area contributed by atoms with Gasteiger partial charge in [0.2, 0.25) is 0 Å². The molecule has 0 aliphatic rings. The minimum absolute atomic E-state index is 0. The Hall–Kier alpha value is 0.210. The van der Waals surface area contributed by atoms with Gasteiger partial charge in [-0.2, -0.15) is 0 Å². The van der Waals surface area contributed by atoms with Crippen molar-refractivity contribution in [3.8, 4) is 0 Å². The smallest absolute Gasteiger partial charge is 0.303 e. The third-order valence-corrected chi connectivity index (χ3v) is 3.74. The van der Waals surface area contributed by atoms with Crippen LogP contribution in [0.2, 0.25) is 0 Å². The van der Waals surface area contributed by atoms with Gasteiger partial charge in [-0.3, -0.25) is 4.79 Å². The standard InChI is InChI=1S/C17H34O2.Ag/c1-2-3-4-5-6-7-8-9-10-11-12-13-14-15-16-17(18)19;/h2-16H2,1H3,(H,18,19);. The molecule has 0 heterocycles. The number of hydrogen-bond donors (Lipinski definition) is 1. The summed E-state index contributed by atoms with van der Waals surface area (Å²) in [6, 6.07) is 0. The molecule has 3 heteroatoms. The number of unbranched alkanes of at least 4 members (excludes halogenated alkanes) is 13. The van der Waals surface area contributed by atoms with E-state index in [1.807, 2.05) is 0 Å². The Balaban J connectivity index is 0. The molecule has 1 radical (unpaired) electrons. The van der Waals surface area contributed by atoms with Crippen molar-refractivity contribution < 1.29 is 32.3 Å². The third kappa shape index (κ3) is 20.5. The van der Waals surface area contributed by atoms with Crippen LogP contribution in [0.4, 0.5) is 0 Å². The molecule has 0 spiro atoms. The van der Waals surface area contributed by atoms with Gasteiger partial charge in [0, 0.05) is 28.8 Å². The van der Waals surface area contributed by atoms with Crippen LogP contribution >= 0.6 is 0 Å². The van der Waals surface area contributed by atoms with Crippen LogP contribution in [0.5, 0.6) is 0 Å². The summed E-state index contributed by atoms with van der Waals surface area (Å²) in [5.41, 5.74) is 0. The summed E-state index contributed by atoms with van der Waals surface area (Å²) >= 11 is 0. The van der Waals surface area contributed by atoms with Gasteiger partial charge in [-0.15, -0.1) is 0 Å². The molecule has 0 saturated carbocycles. The van der Waals surface area contributed by atoms with Gasteiger partial charge >= 0.3 is 5.97 Å². The molecular weight excluding hydrogens is 344 g/mol. The van der Waals surface area contributed by atoms with Gasteiger partial charge in [0.25, 0.3) is 0 Å². The largest absolute Gasteiger partial charge is 0.481 e. The number of carbonyl (C=O) groups is 1. The number of carboxylic acids is 1. The maximum atomic E-state index is 10.3. The normalized spacial score (nSPS) is 10.2. The van der Waals surface area contributed by atoms with E-state index in [0.29, 0.717) is 6.42 Å². The summed E-state index contributed by atoms with van der Waals surface area (Å²) in [6.45, 7) is 2.27. The number of rotatable bonds is 15. The molecule has 0 amide bonds. The predicted octanol–water partition coefficient (Wildman–Crippen LogP) is 5.94. The molecule has 0 atom stereocenters. The number of carboxylic acid groups (broad SMARTS) is 1. The van der Waals surface area contributed by atoms with Crippen molar-refractivity contribution in [2.24, 2.45) is 0 Å². The molecule has 0 aromatic heterocycles. The van der Waals surface area contributed by atoms with Crippen molar-refractivity contribution in [1.82, 2.24) is 0 Å². The molecule has 0 aromatic rings. The van der Waals surface area contributed by atoms with Gasteiger partial charge in [-0.1, -0.05) is 90.4 Å². The zero-order valence-electron chi connectivity index (χ0n) is 13.3. The Kier molecular flexibility index (Phi) is 21.6. The first kappa shape index (κ1) is 22.5. The Labute approximate surface area is 141 Å². The first-order valence-electron chi connectivity index (χ1n) is 8.49. The maximum Gasteiger partial charge on any atom is 0.303 e. The summed E-state index contributed by atoms with van der Waals surface area (Å²) in [5, 5.41) is 8.50. The van der Waals surface area contributed by atoms with Crippen LogP contribution in [-0.4, -0.2) is 11.1 Å². The van der Waals surface area contributed by atoms with Gasteiger partial charge in [-0.25, -0.2) is 0 Å². The van der Waals surface area contributed by atoms with Crippen LogP contribution in [-0.2, 0) is 27.2 Å². The monoisotopic (exact) mass is 377 g/mol. The molecule has 0 fully saturated rings. The number of aliphatic carboxylic acids is 1. The summed E-state index contributed by atoms with van der Waals surface area (Å²) in [4.78, 5) is 10.3. The van der Waals surface area contributed by atoms with Gasteiger partial charge in [0.1, 0.15) is 0 Å². The first-order chi connectivity index (χ1) is 9.27. The molecule has 0 aromatic carbocycles. The van der Waals surface area contributed by atoms with E-state index >= 15 is 0 Å². The van der Waals surface area contributed by atoms with Gasteiger partial charge in [0.15, 0.2) is 0 Å². The molecule has 20 heavy (non-hydrogen) atoms. The van der Waals surface area contributed by atoms with Crippen LogP contribution < -0.4 is 0 Å². The van der Waals surface area contributed by atoms with Crippen LogP contribution in [0.15, 0.2) is 0 Å². The molecule has 0 saturated heterocycles. The zero-order valence-corrected chi connectivity index (χ0v) is 14.7. The fraction of sp³-hybridized carbons (Fsp3) is 0.941. The summed E-state index contributed by atoms with van der Waals surface area (Å²) < 4.78 is 0. The second-order valence-electron chi connectivity index (χ2n) is 5.74. The fourth-order valence-corrected chi connectivity index (χ4v) is 2.47. The maximum absolute atomic E-state index is 10.3. The average molecular weight is 378 g/mol. The Morgan fingerprint density at radius 2 is 0.950 bits per heavy atom. The molecule has 1 N–H and O–H groups in total. The molecule has 0 bridgehead atoms. The van der Waals surface area contributed by atoms with Crippen LogP contribution in [0.3, 0.4) is 0 Å². The van der Waals surface area contributed by atoms with Gasteiger partial charge in [-0.05, 0) is 6.42 Å². The predicted molar refractivity (Wildman–Crippen MR) is 82.6 cm³/mol. The number of hydrogen-bond acceptors (Lipinski definition) is 1. The third-order valence-electron chi connectivity index (χ3n) is 3.74. The molecule has 0 aliphatic heterocycles. The van der Waals surface area contributed by atoms with Crippen LogP contribution in [0.25, 0.3) is 0 Å². The van der Waals surface area contributed by atoms with E-state index in [4.69, 9.17) is 5.11 Å². The summed E-state index contributed by atoms with van der Waals surface area (Å²) in [5.74, 6) is -0.654. The van der Waals surface area contributed by atoms with Crippen molar-refractivity contribution in [1.29, 1.82) is 0 Å². The minimum Gasteiger partial charge on any atom is -0.481 e. The van der Waals surface area contributed by atoms with Gasteiger partial charge in [0.05, 0.1) is 0 Å². The van der Waals surface area contributed by atoms with Crippen LogP contribution in [0, 0.1) is 0 Å². The topological polar surface area (TPSA) is 37.3 Å². The second kappa shape index (κ2) is 19.2. The zero-order chi connectivity index (χ0) is 14.2. The van der Waals surface area contributed by atoms with Crippen molar-refractivity contribution in [2.75, 3.05) is 0 Å². The molecule has 2 nitrogen and oxygen atoms in total. The molecular formula is C17H34AgO2. The Morgan fingerprint density at radius 1 is 0.650 bits per heavy atom. The van der Waals surface area contributed by atoms with Crippen molar-refractivity contribution >= 4 is 5.97 Å². The van der Waals surface area contributed by atoms with E-state index in [-0.39, 0.29) is 22.4 Å². The van der Waals surface area contributed by atoms with Crippen molar-refractivity contribution in [2.45, 2.75) is 103 Å². The summed E-state index contributed by atoms with van der Waals surface area (Å²) in [7, 11) is 0. The molecule has 0 aliphatic carbocycles. The van der Waals surface area contributed by atoms with E-state index < -0.39 is 5.97 Å². The first-order valence-corrected chi connectivity index (χ1v) is 8.49. The molecule has 0 unspecified atom stereocenters. The van der Waals surface area contributed by atoms with Crippen LogP contribution in [0.1, 0.15) is 103 Å².